The van der Waals surface area contributed by atoms with Gasteiger partial charge in [0.1, 0.15) is 0 Å². The molecule has 0 saturated carbocycles. The second-order valence-electron chi connectivity index (χ2n) is 16.4. The Balaban J connectivity index is 1.14. The van der Waals surface area contributed by atoms with Crippen LogP contribution in [0, 0.1) is 0 Å². The molecule has 0 spiro atoms. The Morgan fingerprint density at radius 2 is 0.714 bits per heavy atom. The fourth-order valence-electron chi connectivity index (χ4n) is 10.3. The quantitative estimate of drug-likeness (QED) is 0.107. The number of fused-ring (bicyclic) bond motifs is 6. The minimum atomic E-state index is -2.87. The van der Waals surface area contributed by atoms with E-state index in [-0.39, 0.29) is 0 Å². The van der Waals surface area contributed by atoms with Crippen LogP contribution < -0.4 is 20.7 Å². The lowest BCUT2D eigenvalue weighted by molar-refractivity contribution is 1.15. The van der Waals surface area contributed by atoms with Crippen molar-refractivity contribution in [2.24, 2.45) is 0 Å². The molecule has 2 nitrogen and oxygen atoms in total. The molecule has 0 bridgehead atoms. The van der Waals surface area contributed by atoms with Gasteiger partial charge in [-0.2, -0.15) is 0 Å². The summed E-state index contributed by atoms with van der Waals surface area (Å²) < 4.78 is 4.96. The summed E-state index contributed by atoms with van der Waals surface area (Å²) in [5.74, 6) is 0. The summed E-state index contributed by atoms with van der Waals surface area (Å²) in [5.41, 5.74) is 11.9. The lowest BCUT2D eigenvalue weighted by Crippen LogP contribution is -2.74. The molecule has 12 aromatic rings. The Kier molecular flexibility index (Phi) is 8.87. The summed E-state index contributed by atoms with van der Waals surface area (Å²) >= 11 is 0. The molecule has 0 saturated heterocycles. The summed E-state index contributed by atoms with van der Waals surface area (Å²) in [6.07, 6.45) is 0. The molecule has 0 amide bonds. The Bertz CT molecular complexity index is 3480. The lowest BCUT2D eigenvalue weighted by atomic mass is 10.0. The normalized spacial score (nSPS) is 11.8. The SMILES string of the molecule is c1ccc(-c2ccc(-n3c4ccc(-c5ccccc5)cc4c4ccc(-n5c6ccccc6c6c([Si](c7ccccc7)(c7ccccc7)c7ccccc7)cccc65)cc43)cc2)cc1. The zero-order chi connectivity index (χ0) is 41.7. The molecule has 2 aromatic heterocycles. The molecule has 0 unspecified atom stereocenters. The van der Waals surface area contributed by atoms with Gasteiger partial charge in [-0.25, -0.2) is 0 Å². The largest absolute Gasteiger partial charge is 0.309 e. The van der Waals surface area contributed by atoms with Crippen LogP contribution in [-0.4, -0.2) is 17.2 Å². The summed E-state index contributed by atoms with van der Waals surface area (Å²) in [7, 11) is -2.87. The standard InChI is InChI=1S/C60H42N2Si/c1-6-19-43(20-7-1)45-33-36-47(37-34-45)61-56-40-35-46(44-21-8-2-9-22-44)41-54(56)52-39-38-48(42-58(52)61)62-55-30-17-16-29-53(55)60-57(62)31-18-32-59(60)63(49-23-10-3-11-24-49,50-25-12-4-13-26-50)51-27-14-5-15-28-51/h1-42H. The molecule has 0 atom stereocenters. The highest BCUT2D eigenvalue weighted by Crippen LogP contribution is 2.39. The van der Waals surface area contributed by atoms with E-state index in [1.165, 1.54) is 86.6 Å². The molecular weight excluding hydrogens is 777 g/mol. The van der Waals surface area contributed by atoms with Gasteiger partial charge in [0.15, 0.2) is 8.07 Å². The van der Waals surface area contributed by atoms with Gasteiger partial charge < -0.3 is 9.13 Å². The fourth-order valence-corrected chi connectivity index (χ4v) is 15.3. The van der Waals surface area contributed by atoms with E-state index in [9.17, 15) is 0 Å². The fraction of sp³-hybridized carbons (Fsp3) is 0. The van der Waals surface area contributed by atoms with Crippen molar-refractivity contribution < 1.29 is 0 Å². The van der Waals surface area contributed by atoms with Crippen LogP contribution in [0.2, 0.25) is 0 Å². The predicted molar refractivity (Wildman–Crippen MR) is 270 cm³/mol. The van der Waals surface area contributed by atoms with Crippen molar-refractivity contribution >= 4 is 72.4 Å². The monoisotopic (exact) mass is 818 g/mol. The number of aromatic nitrogens is 2. The van der Waals surface area contributed by atoms with Crippen LogP contribution in [0.15, 0.2) is 255 Å². The molecule has 0 aliphatic rings. The van der Waals surface area contributed by atoms with E-state index in [2.05, 4.69) is 264 Å². The number of benzene rings is 10. The van der Waals surface area contributed by atoms with Crippen molar-refractivity contribution in [1.82, 2.24) is 9.13 Å². The Morgan fingerprint density at radius 1 is 0.254 bits per heavy atom. The molecule has 0 N–H and O–H groups in total. The number of nitrogens with zero attached hydrogens (tertiary/aromatic N) is 2. The van der Waals surface area contributed by atoms with Crippen LogP contribution in [0.25, 0.3) is 77.2 Å². The Morgan fingerprint density at radius 3 is 1.33 bits per heavy atom. The Labute approximate surface area is 368 Å². The van der Waals surface area contributed by atoms with Crippen molar-refractivity contribution in [3.8, 4) is 33.6 Å². The van der Waals surface area contributed by atoms with Gasteiger partial charge in [0.2, 0.25) is 0 Å². The smallest absolute Gasteiger partial charge is 0.180 e. The Hall–Kier alpha value is -7.98. The van der Waals surface area contributed by atoms with Crippen LogP contribution in [-0.2, 0) is 0 Å². The number of para-hydroxylation sites is 1. The average molecular weight is 819 g/mol. The molecule has 12 rings (SSSR count). The zero-order valence-corrected chi connectivity index (χ0v) is 35.6. The molecule has 0 fully saturated rings. The summed E-state index contributed by atoms with van der Waals surface area (Å²) in [5, 5.41) is 10.5. The third kappa shape index (κ3) is 5.93. The summed E-state index contributed by atoms with van der Waals surface area (Å²) in [4.78, 5) is 0. The maximum atomic E-state index is 2.50. The highest BCUT2D eigenvalue weighted by molar-refractivity contribution is 7.20. The number of hydrogen-bond acceptors (Lipinski definition) is 0. The van der Waals surface area contributed by atoms with Gasteiger partial charge in [0.05, 0.1) is 22.1 Å². The topological polar surface area (TPSA) is 9.86 Å². The van der Waals surface area contributed by atoms with E-state index < -0.39 is 8.07 Å². The molecular formula is C60H42N2Si. The molecule has 2 heterocycles. The van der Waals surface area contributed by atoms with Gasteiger partial charge >= 0.3 is 0 Å². The summed E-state index contributed by atoms with van der Waals surface area (Å²) in [6.45, 7) is 0. The second kappa shape index (κ2) is 15.2. The minimum Gasteiger partial charge on any atom is -0.309 e. The van der Waals surface area contributed by atoms with Crippen molar-refractivity contribution in [1.29, 1.82) is 0 Å². The maximum Gasteiger partial charge on any atom is 0.180 e. The third-order valence-electron chi connectivity index (χ3n) is 13.1. The first kappa shape index (κ1) is 36.8. The first-order chi connectivity index (χ1) is 31.3. The van der Waals surface area contributed by atoms with Gasteiger partial charge in [-0.05, 0) is 91.5 Å². The third-order valence-corrected chi connectivity index (χ3v) is 17.9. The van der Waals surface area contributed by atoms with Crippen molar-refractivity contribution in [3.63, 3.8) is 0 Å². The maximum absolute atomic E-state index is 2.87. The van der Waals surface area contributed by atoms with Gasteiger partial charge in [-0.1, -0.05) is 206 Å². The molecule has 296 valence electrons. The first-order valence-corrected chi connectivity index (χ1v) is 23.8. The van der Waals surface area contributed by atoms with E-state index in [1.807, 2.05) is 0 Å². The van der Waals surface area contributed by atoms with Gasteiger partial charge in [-0.3, -0.25) is 0 Å². The van der Waals surface area contributed by atoms with Crippen molar-refractivity contribution in [2.45, 2.75) is 0 Å². The minimum absolute atomic E-state index is 1.13. The first-order valence-electron chi connectivity index (χ1n) is 21.8. The highest BCUT2D eigenvalue weighted by atomic mass is 28.3. The molecule has 10 aromatic carbocycles. The van der Waals surface area contributed by atoms with Gasteiger partial charge in [0.25, 0.3) is 0 Å². The van der Waals surface area contributed by atoms with Crippen LogP contribution in [0.5, 0.6) is 0 Å². The zero-order valence-electron chi connectivity index (χ0n) is 34.6. The molecule has 3 heteroatoms. The van der Waals surface area contributed by atoms with Gasteiger partial charge in [0, 0.05) is 32.9 Å². The van der Waals surface area contributed by atoms with E-state index in [4.69, 9.17) is 0 Å². The van der Waals surface area contributed by atoms with Crippen LogP contribution in [0.3, 0.4) is 0 Å². The van der Waals surface area contributed by atoms with Crippen LogP contribution in [0.1, 0.15) is 0 Å². The summed E-state index contributed by atoms with van der Waals surface area (Å²) in [6, 6.07) is 94.2. The van der Waals surface area contributed by atoms with Crippen LogP contribution in [0.4, 0.5) is 0 Å². The lowest BCUT2D eigenvalue weighted by Gasteiger charge is -2.35. The number of rotatable bonds is 8. The average Bonchev–Trinajstić information content (AvgIpc) is 3.88. The van der Waals surface area contributed by atoms with Crippen molar-refractivity contribution in [3.05, 3.63) is 255 Å². The molecule has 0 aliphatic carbocycles. The number of hydrogen-bond donors (Lipinski definition) is 0. The van der Waals surface area contributed by atoms with Crippen molar-refractivity contribution in [2.75, 3.05) is 0 Å². The second-order valence-corrected chi connectivity index (χ2v) is 20.2. The molecule has 0 aliphatic heterocycles. The van der Waals surface area contributed by atoms with E-state index in [1.54, 1.807) is 0 Å². The predicted octanol–water partition coefficient (Wildman–Crippen LogP) is 12.6. The van der Waals surface area contributed by atoms with Crippen LogP contribution >= 0.6 is 0 Å². The molecule has 0 radical (unpaired) electrons. The van der Waals surface area contributed by atoms with E-state index >= 15 is 0 Å². The van der Waals surface area contributed by atoms with E-state index in [0.29, 0.717) is 0 Å². The molecule has 63 heavy (non-hydrogen) atoms. The highest BCUT2D eigenvalue weighted by Gasteiger charge is 2.43. The van der Waals surface area contributed by atoms with E-state index in [0.717, 1.165) is 11.4 Å². The van der Waals surface area contributed by atoms with Gasteiger partial charge in [-0.15, -0.1) is 0 Å².